The summed E-state index contributed by atoms with van der Waals surface area (Å²) in [4.78, 5) is 23.1. The van der Waals surface area contributed by atoms with E-state index >= 15 is 0 Å². The van der Waals surface area contributed by atoms with Crippen molar-refractivity contribution in [3.05, 3.63) is 24.3 Å². The lowest BCUT2D eigenvalue weighted by Gasteiger charge is -2.25. The molecule has 0 heterocycles. The van der Waals surface area contributed by atoms with Crippen LogP contribution in [0.15, 0.2) is 24.3 Å². The summed E-state index contributed by atoms with van der Waals surface area (Å²) in [5.41, 5.74) is 0. The minimum absolute atomic E-state index is 0.0582. The maximum absolute atomic E-state index is 12.9. The van der Waals surface area contributed by atoms with Crippen molar-refractivity contribution in [1.82, 2.24) is 5.32 Å². The molecule has 3 unspecified atom stereocenters. The number of allylic oxidation sites excluding steroid dienone is 3. The number of nitrogens with zero attached hydrogens (tertiary/aromatic N) is 1. The van der Waals surface area contributed by atoms with E-state index in [0.29, 0.717) is 17.4 Å². The van der Waals surface area contributed by atoms with Crippen LogP contribution in [0.1, 0.15) is 200 Å². The van der Waals surface area contributed by atoms with Crippen molar-refractivity contribution in [3.8, 4) is 0 Å². The summed E-state index contributed by atoms with van der Waals surface area (Å²) in [5.74, 6) is -0.186. The number of rotatable bonds is 40. The third-order valence-electron chi connectivity index (χ3n) is 9.92. The highest BCUT2D eigenvalue weighted by atomic mass is 31.2. The van der Waals surface area contributed by atoms with E-state index in [1.807, 2.05) is 27.2 Å². The first kappa shape index (κ1) is 52.0. The smallest absolute Gasteiger partial charge is 0.387 e. The number of hydrogen-bond donors (Lipinski definition) is 3. The standard InChI is InChI=1S/C44H87N2O6P/c1-6-8-10-12-14-16-18-20-22-23-24-26-28-30-32-34-36-38-44(48)45-42(41-52-53(49,50)51-40-39-46(3,4)5)43(47)37-35-33-31-29-27-25-21-19-17-15-13-11-9-7-2/h27,29,35,37,42-43,47H,6-26,28,30-34,36,38-41H2,1-5H3,(H-,45,48,49,50)/p+1/b29-27+,37-35+. The van der Waals surface area contributed by atoms with Crippen LogP contribution in [-0.4, -0.2) is 73.4 Å². The van der Waals surface area contributed by atoms with E-state index in [4.69, 9.17) is 9.05 Å². The molecular formula is C44H88N2O6P+. The molecule has 0 aliphatic rings. The second kappa shape index (κ2) is 36.6. The number of nitrogens with one attached hydrogen (secondary N) is 1. The van der Waals surface area contributed by atoms with Crippen LogP contribution >= 0.6 is 7.82 Å². The number of unbranched alkanes of at least 4 members (excludes halogenated alkanes) is 25. The number of quaternary nitrogens is 1. The number of aliphatic hydroxyl groups is 1. The minimum atomic E-state index is -4.34. The topological polar surface area (TPSA) is 105 Å². The first-order valence-electron chi connectivity index (χ1n) is 22.2. The molecule has 9 heteroatoms. The Labute approximate surface area is 328 Å². The lowest BCUT2D eigenvalue weighted by molar-refractivity contribution is -0.870. The van der Waals surface area contributed by atoms with Crippen LogP contribution in [-0.2, 0) is 18.4 Å². The van der Waals surface area contributed by atoms with E-state index in [0.717, 1.165) is 38.5 Å². The number of likely N-dealkylation sites (N-methyl/N-ethyl adjacent to an activating group) is 1. The molecule has 0 saturated heterocycles. The zero-order chi connectivity index (χ0) is 39.3. The van der Waals surface area contributed by atoms with Crippen molar-refractivity contribution < 1.29 is 32.9 Å². The van der Waals surface area contributed by atoms with E-state index < -0.39 is 20.0 Å². The summed E-state index contributed by atoms with van der Waals surface area (Å²) < 4.78 is 23.5. The number of hydrogen-bond acceptors (Lipinski definition) is 5. The highest BCUT2D eigenvalue weighted by Crippen LogP contribution is 2.43. The molecule has 0 fully saturated rings. The molecule has 8 nitrogen and oxygen atoms in total. The average molecular weight is 772 g/mol. The normalized spacial score (nSPS) is 14.6. The number of carbonyl (C=O) groups excluding carboxylic acids is 1. The van der Waals surface area contributed by atoms with Gasteiger partial charge in [0.1, 0.15) is 13.2 Å². The fourth-order valence-corrected chi connectivity index (χ4v) is 7.09. The molecule has 0 aliphatic carbocycles. The quantitative estimate of drug-likeness (QED) is 0.0248. The van der Waals surface area contributed by atoms with Gasteiger partial charge in [0.25, 0.3) is 0 Å². The fourth-order valence-electron chi connectivity index (χ4n) is 6.35. The van der Waals surface area contributed by atoms with E-state index in [-0.39, 0.29) is 19.1 Å². The van der Waals surface area contributed by atoms with E-state index in [1.54, 1.807) is 6.08 Å². The van der Waals surface area contributed by atoms with Crippen molar-refractivity contribution in [2.45, 2.75) is 212 Å². The summed E-state index contributed by atoms with van der Waals surface area (Å²) in [6, 6.07) is -0.857. The zero-order valence-electron chi connectivity index (χ0n) is 35.5. The molecule has 0 aliphatic heterocycles. The predicted molar refractivity (Wildman–Crippen MR) is 226 cm³/mol. The van der Waals surface area contributed by atoms with Crippen LogP contribution in [0.5, 0.6) is 0 Å². The third kappa shape index (κ3) is 39.0. The SMILES string of the molecule is CCCCCCCCCC/C=C/CC/C=C/C(O)C(COP(=O)(O)OCC[N+](C)(C)C)NC(=O)CCCCCCCCCCCCCCCCCCC. The van der Waals surface area contributed by atoms with Gasteiger partial charge >= 0.3 is 7.82 Å². The molecule has 3 atom stereocenters. The van der Waals surface area contributed by atoms with Crippen molar-refractivity contribution in [2.75, 3.05) is 40.9 Å². The van der Waals surface area contributed by atoms with E-state index in [2.05, 4.69) is 31.3 Å². The van der Waals surface area contributed by atoms with Crippen LogP contribution < -0.4 is 5.32 Å². The van der Waals surface area contributed by atoms with Gasteiger partial charge in [0.2, 0.25) is 5.91 Å². The average Bonchev–Trinajstić information content (AvgIpc) is 3.10. The third-order valence-corrected chi connectivity index (χ3v) is 10.9. The molecular weight excluding hydrogens is 683 g/mol. The lowest BCUT2D eigenvalue weighted by atomic mass is 10.0. The second-order valence-electron chi connectivity index (χ2n) is 16.4. The summed E-state index contributed by atoms with van der Waals surface area (Å²) in [5, 5.41) is 13.8. The highest BCUT2D eigenvalue weighted by molar-refractivity contribution is 7.47. The number of amides is 1. The first-order valence-corrected chi connectivity index (χ1v) is 23.7. The molecule has 0 radical (unpaired) electrons. The Hall–Kier alpha value is -1.02. The van der Waals surface area contributed by atoms with Gasteiger partial charge in [-0.25, -0.2) is 4.57 Å². The van der Waals surface area contributed by atoms with Crippen LogP contribution in [0.25, 0.3) is 0 Å². The number of carbonyl (C=O) groups is 1. The summed E-state index contributed by atoms with van der Waals surface area (Å²) in [6.45, 7) is 4.79. The summed E-state index contributed by atoms with van der Waals surface area (Å²) in [7, 11) is 1.56. The van der Waals surface area contributed by atoms with Crippen LogP contribution in [0.2, 0.25) is 0 Å². The second-order valence-corrected chi connectivity index (χ2v) is 17.9. The van der Waals surface area contributed by atoms with Gasteiger partial charge in [-0.1, -0.05) is 186 Å². The summed E-state index contributed by atoms with van der Waals surface area (Å²) in [6.07, 6.45) is 42.4. The zero-order valence-corrected chi connectivity index (χ0v) is 36.4. The van der Waals surface area contributed by atoms with Gasteiger partial charge in [-0.3, -0.25) is 13.8 Å². The molecule has 0 aromatic carbocycles. The van der Waals surface area contributed by atoms with Crippen molar-refractivity contribution in [2.24, 2.45) is 0 Å². The van der Waals surface area contributed by atoms with Gasteiger partial charge in [-0.05, 0) is 32.1 Å². The van der Waals surface area contributed by atoms with Gasteiger partial charge < -0.3 is 19.8 Å². The molecule has 3 N–H and O–H groups in total. The van der Waals surface area contributed by atoms with Gasteiger partial charge in [-0.15, -0.1) is 0 Å². The number of phosphoric ester groups is 1. The Bertz CT molecular complexity index is 922. The summed E-state index contributed by atoms with van der Waals surface area (Å²) >= 11 is 0. The van der Waals surface area contributed by atoms with Gasteiger partial charge in [0.05, 0.1) is 39.9 Å². The number of phosphoric acid groups is 1. The monoisotopic (exact) mass is 772 g/mol. The van der Waals surface area contributed by atoms with Crippen molar-refractivity contribution in [3.63, 3.8) is 0 Å². The minimum Gasteiger partial charge on any atom is -0.387 e. The Kier molecular flexibility index (Phi) is 35.9. The van der Waals surface area contributed by atoms with Crippen LogP contribution in [0.4, 0.5) is 0 Å². The Morgan fingerprint density at radius 1 is 0.623 bits per heavy atom. The molecule has 53 heavy (non-hydrogen) atoms. The van der Waals surface area contributed by atoms with Gasteiger partial charge in [0, 0.05) is 6.42 Å². The Balaban J connectivity index is 4.44. The van der Waals surface area contributed by atoms with E-state index in [9.17, 15) is 19.4 Å². The Morgan fingerprint density at radius 3 is 1.51 bits per heavy atom. The van der Waals surface area contributed by atoms with Crippen molar-refractivity contribution in [1.29, 1.82) is 0 Å². The maximum atomic E-state index is 12.9. The lowest BCUT2D eigenvalue weighted by Crippen LogP contribution is -2.45. The first-order chi connectivity index (χ1) is 25.5. The molecule has 0 rings (SSSR count). The molecule has 0 spiro atoms. The largest absolute Gasteiger partial charge is 0.472 e. The fraction of sp³-hybridized carbons (Fsp3) is 0.886. The maximum Gasteiger partial charge on any atom is 0.472 e. The molecule has 314 valence electrons. The predicted octanol–water partition coefficient (Wildman–Crippen LogP) is 12.1. The Morgan fingerprint density at radius 2 is 1.04 bits per heavy atom. The molecule has 0 saturated carbocycles. The molecule has 0 bridgehead atoms. The van der Waals surface area contributed by atoms with Crippen LogP contribution in [0, 0.1) is 0 Å². The van der Waals surface area contributed by atoms with Gasteiger partial charge in [0.15, 0.2) is 0 Å². The highest BCUT2D eigenvalue weighted by Gasteiger charge is 2.27. The van der Waals surface area contributed by atoms with Gasteiger partial charge in [-0.2, -0.15) is 0 Å². The van der Waals surface area contributed by atoms with E-state index in [1.165, 1.54) is 141 Å². The molecule has 0 aromatic rings. The molecule has 0 aromatic heterocycles. The number of aliphatic hydroxyl groups excluding tert-OH is 1. The van der Waals surface area contributed by atoms with Crippen LogP contribution in [0.3, 0.4) is 0 Å². The molecule has 1 amide bonds. The van der Waals surface area contributed by atoms with Crippen molar-refractivity contribution >= 4 is 13.7 Å².